The van der Waals surface area contributed by atoms with Crippen LogP contribution in [0.25, 0.3) is 22.5 Å². The monoisotopic (exact) mass is 1320 g/mol. The highest BCUT2D eigenvalue weighted by molar-refractivity contribution is 6.06. The number of carbonyl (C=O) groups excluding carboxylic acids is 7. The Morgan fingerprint density at radius 1 is 0.680 bits per heavy atom. The van der Waals surface area contributed by atoms with Crippen molar-refractivity contribution in [1.82, 2.24) is 30.1 Å². The number of fused-ring (bicyclic) bond motifs is 9. The van der Waals surface area contributed by atoms with Crippen LogP contribution in [0.1, 0.15) is 167 Å². The number of unbranched alkanes of at least 4 members (excludes halogenated alkanes) is 2. The number of methoxy groups -OCH3 is 2. The fraction of sp³-hybridized carbons (Fsp3) is 0.487. The van der Waals surface area contributed by atoms with Crippen LogP contribution in [0.2, 0.25) is 0 Å². The fourth-order valence-corrected chi connectivity index (χ4v) is 15.1. The zero-order valence-corrected chi connectivity index (χ0v) is 56.6. The van der Waals surface area contributed by atoms with Gasteiger partial charge in [0, 0.05) is 79.5 Å². The second-order valence-corrected chi connectivity index (χ2v) is 28.6. The molecule has 1 unspecified atom stereocenters. The smallest absolute Gasteiger partial charge is 0.416 e. The number of amides is 5. The van der Waals surface area contributed by atoms with Gasteiger partial charge in [-0.1, -0.05) is 85.8 Å². The Hall–Kier alpha value is -9.11. The van der Waals surface area contributed by atoms with Gasteiger partial charge in [0.15, 0.2) is 35.0 Å². The number of nitrogens with zero attached hydrogens (tertiary/aromatic N) is 7. The molecule has 510 valence electrons. The minimum Gasteiger partial charge on any atom is -0.493 e. The van der Waals surface area contributed by atoms with Gasteiger partial charge in [0.25, 0.3) is 11.8 Å². The number of Topliss-reactive ketones (excluding diaryl/α,β-unsaturated/α-hetero) is 2. The van der Waals surface area contributed by atoms with Crippen LogP contribution in [-0.2, 0) is 49.9 Å². The molecule has 13 rings (SSSR count). The molecule has 6 heterocycles. The number of aryl methyl sites for hydroxylation is 1. The molecule has 6 aromatic rings. The average Bonchev–Trinajstić information content (AvgIpc) is 1.59. The maximum absolute atomic E-state index is 14.5. The number of hydrogen-bond donors (Lipinski definition) is 2. The van der Waals surface area contributed by atoms with E-state index in [1.165, 1.54) is 20.0 Å². The van der Waals surface area contributed by atoms with Gasteiger partial charge in [-0.2, -0.15) is 0 Å². The standard InChI is InChI=1S/C76H88N8O13/c1-45(2)56(35-53(85)25-26-67(87)80-41-51-15-9-10-16-54(51)68-69(84(46(3)4)79-78-68)55-17-11-12-18-59(55)80)70(88)77-47(5)62(86)33-48-19-21-49(22-20-48)42-97-74(92)83-60-38-66(64(94-7)37-58(60)72(90)82-44-76(29-30-76)40-61(82)73(83)91)96-32-14-8-13-31-95-65-34-50-23-24-52-39-75(27-28-75)43-81(52)71(89)57(50)36-63(65)93-6/h9-12,15-22,34,36-38,45-47,52,56,61,73,91H,8,13-14,23-33,35,39-44H2,1-7H3,(H,77,88)/t47-,52+,56-,61-,73?/m0/s1. The van der Waals surface area contributed by atoms with Gasteiger partial charge in [0.2, 0.25) is 11.8 Å². The summed E-state index contributed by atoms with van der Waals surface area (Å²) in [6.07, 6.45) is 7.20. The largest absolute Gasteiger partial charge is 0.493 e. The van der Waals surface area contributed by atoms with Crippen molar-refractivity contribution < 1.29 is 62.4 Å². The lowest BCUT2D eigenvalue weighted by Crippen LogP contribution is -2.50. The summed E-state index contributed by atoms with van der Waals surface area (Å²) in [7, 11) is 3.08. The molecule has 97 heavy (non-hydrogen) atoms. The minimum absolute atomic E-state index is 0.00451. The van der Waals surface area contributed by atoms with Gasteiger partial charge < -0.3 is 48.8 Å². The molecule has 4 fully saturated rings. The number of benzene rings is 5. The first kappa shape index (κ1) is 66.5. The van der Waals surface area contributed by atoms with E-state index in [9.17, 15) is 38.7 Å². The molecule has 5 aliphatic heterocycles. The molecular weight excluding hydrogens is 1230 g/mol. The van der Waals surface area contributed by atoms with Crippen molar-refractivity contribution in [3.63, 3.8) is 0 Å². The van der Waals surface area contributed by atoms with E-state index < -0.39 is 36.2 Å². The van der Waals surface area contributed by atoms with Crippen molar-refractivity contribution in [2.24, 2.45) is 22.7 Å². The highest BCUT2D eigenvalue weighted by Gasteiger charge is 2.58. The quantitative estimate of drug-likeness (QED) is 0.0536. The first-order valence-electron chi connectivity index (χ1n) is 34.6. The fourth-order valence-electron chi connectivity index (χ4n) is 15.1. The van der Waals surface area contributed by atoms with Crippen molar-refractivity contribution >= 4 is 52.7 Å². The number of hydrogen-bond acceptors (Lipinski definition) is 15. The Kier molecular flexibility index (Phi) is 18.8. The van der Waals surface area contributed by atoms with Crippen LogP contribution in [0.3, 0.4) is 0 Å². The molecule has 2 aliphatic carbocycles. The number of aliphatic hydroxyl groups excluding tert-OH is 1. The topological polar surface area (TPSA) is 242 Å². The van der Waals surface area contributed by atoms with Gasteiger partial charge in [-0.15, -0.1) is 5.10 Å². The minimum atomic E-state index is -1.43. The van der Waals surface area contributed by atoms with Crippen LogP contribution >= 0.6 is 0 Å². The zero-order valence-electron chi connectivity index (χ0n) is 56.6. The van der Waals surface area contributed by atoms with Crippen LogP contribution < -0.4 is 34.1 Å². The lowest BCUT2D eigenvalue weighted by molar-refractivity contribution is -0.133. The number of para-hydroxylation sites is 1. The molecular formula is C76H88N8O13. The third kappa shape index (κ3) is 13.6. The second-order valence-electron chi connectivity index (χ2n) is 28.6. The van der Waals surface area contributed by atoms with E-state index >= 15 is 0 Å². The Balaban J connectivity index is 0.599. The Bertz CT molecular complexity index is 4040. The van der Waals surface area contributed by atoms with E-state index in [0.717, 1.165) is 83.6 Å². The molecule has 5 atom stereocenters. The highest BCUT2D eigenvalue weighted by atomic mass is 16.6. The van der Waals surface area contributed by atoms with Crippen molar-refractivity contribution in [2.45, 2.75) is 174 Å². The van der Waals surface area contributed by atoms with E-state index in [1.807, 2.05) is 93.0 Å². The van der Waals surface area contributed by atoms with Gasteiger partial charge in [0.1, 0.15) is 18.1 Å². The number of carbonyl (C=O) groups is 7. The summed E-state index contributed by atoms with van der Waals surface area (Å²) in [5.74, 6) is -0.634. The van der Waals surface area contributed by atoms with E-state index in [-0.39, 0.29) is 115 Å². The molecule has 2 N–H and O–H groups in total. The molecule has 5 aromatic carbocycles. The Morgan fingerprint density at radius 3 is 2.01 bits per heavy atom. The summed E-state index contributed by atoms with van der Waals surface area (Å²) in [6.45, 7) is 11.5. The van der Waals surface area contributed by atoms with Gasteiger partial charge in [0.05, 0.1) is 68.7 Å². The van der Waals surface area contributed by atoms with Crippen LogP contribution in [-0.4, -0.2) is 136 Å². The van der Waals surface area contributed by atoms with E-state index in [4.69, 9.17) is 23.7 Å². The number of ether oxygens (including phenoxy) is 5. The maximum Gasteiger partial charge on any atom is 0.416 e. The predicted molar refractivity (Wildman–Crippen MR) is 362 cm³/mol. The maximum atomic E-state index is 14.5. The molecule has 7 aliphatic rings. The zero-order chi connectivity index (χ0) is 68.0. The molecule has 21 nitrogen and oxygen atoms in total. The number of rotatable bonds is 24. The summed E-state index contributed by atoms with van der Waals surface area (Å²) < 4.78 is 31.9. The first-order valence-corrected chi connectivity index (χ1v) is 34.6. The van der Waals surface area contributed by atoms with Crippen LogP contribution in [0, 0.1) is 22.7 Å². The van der Waals surface area contributed by atoms with E-state index in [1.54, 1.807) is 60.2 Å². The molecule has 5 amide bonds. The average molecular weight is 1320 g/mol. The SMILES string of the molecule is COc1cc2c(cc1OCCCCCOc1cc3c(cc1OC)C(=O)N1CC4(CC4)C[C@H]1C(O)N3C(=O)OCc1ccc(CC(=O)[C@H](C)NC(=O)[C@@H](CC(=O)CCC(=O)N3Cc4ccccc4-c4nnn(C(C)C)c4-c4ccccc43)C(C)C)cc1)CC[C@@H]1CC3(CC3)CN1C2=O. The molecule has 1 aromatic heterocycles. The summed E-state index contributed by atoms with van der Waals surface area (Å²) in [4.78, 5) is 105. The van der Waals surface area contributed by atoms with E-state index in [2.05, 4.69) is 20.5 Å². The van der Waals surface area contributed by atoms with Crippen molar-refractivity contribution in [3.8, 4) is 45.5 Å². The van der Waals surface area contributed by atoms with Crippen LogP contribution in [0.15, 0.2) is 97.1 Å². The molecule has 0 bridgehead atoms. The van der Waals surface area contributed by atoms with Gasteiger partial charge in [-0.05, 0) is 155 Å². The lowest BCUT2D eigenvalue weighted by atomic mass is 9.88. The third-order valence-corrected chi connectivity index (χ3v) is 21.2. The van der Waals surface area contributed by atoms with Crippen LogP contribution in [0.5, 0.6) is 23.0 Å². The highest BCUT2D eigenvalue weighted by Crippen LogP contribution is 2.58. The predicted octanol–water partition coefficient (Wildman–Crippen LogP) is 11.4. The summed E-state index contributed by atoms with van der Waals surface area (Å²) in [6, 6.07) is 28.1. The van der Waals surface area contributed by atoms with Crippen molar-refractivity contribution in [1.29, 1.82) is 0 Å². The summed E-state index contributed by atoms with van der Waals surface area (Å²) in [5.41, 5.74) is 8.32. The lowest BCUT2D eigenvalue weighted by Gasteiger charge is -2.31. The van der Waals surface area contributed by atoms with Crippen molar-refractivity contribution in [2.75, 3.05) is 50.3 Å². The van der Waals surface area contributed by atoms with Crippen LogP contribution in [0.4, 0.5) is 16.2 Å². The second kappa shape index (κ2) is 27.4. The molecule has 2 saturated carbocycles. The number of anilines is 2. The number of ketones is 2. The first-order chi connectivity index (χ1) is 46.7. The molecule has 0 radical (unpaired) electrons. The third-order valence-electron chi connectivity index (χ3n) is 21.2. The number of aliphatic hydroxyl groups is 1. The van der Waals surface area contributed by atoms with Gasteiger partial charge >= 0.3 is 6.09 Å². The van der Waals surface area contributed by atoms with E-state index in [0.29, 0.717) is 77.5 Å². The summed E-state index contributed by atoms with van der Waals surface area (Å²) in [5, 5.41) is 24.2. The Labute approximate surface area is 566 Å². The van der Waals surface area contributed by atoms with Gasteiger partial charge in [-0.25, -0.2) is 14.4 Å². The number of aromatic nitrogens is 3. The van der Waals surface area contributed by atoms with Crippen molar-refractivity contribution in [3.05, 3.63) is 130 Å². The van der Waals surface area contributed by atoms with Gasteiger partial charge in [-0.3, -0.25) is 28.8 Å². The normalized spacial score (nSPS) is 19.6. The molecule has 21 heteroatoms. The molecule has 2 spiro atoms. The number of nitrogens with one attached hydrogen (secondary N) is 1. The summed E-state index contributed by atoms with van der Waals surface area (Å²) >= 11 is 0. The molecule has 2 saturated heterocycles. The Morgan fingerprint density at radius 2 is 1.32 bits per heavy atom.